The van der Waals surface area contributed by atoms with Gasteiger partial charge in [0.2, 0.25) is 6.41 Å². The largest absolute Gasteiger partial charge is 0.277 e. The van der Waals surface area contributed by atoms with Gasteiger partial charge in [-0.25, -0.2) is 15.8 Å². The molecule has 0 spiro atoms. The molecule has 5 heteroatoms. The molecule has 0 fully saturated rings. The third kappa shape index (κ3) is 1.66. The van der Waals surface area contributed by atoms with E-state index in [9.17, 15) is 4.79 Å². The predicted molar refractivity (Wildman–Crippen MR) is 69.8 cm³/mol. The zero-order valence-corrected chi connectivity index (χ0v) is 9.45. The summed E-state index contributed by atoms with van der Waals surface area (Å²) in [6, 6.07) is 12.9. The number of amides is 1. The lowest BCUT2D eigenvalue weighted by Gasteiger charge is -2.10. The normalized spacial score (nSPS) is 10.7. The van der Waals surface area contributed by atoms with Crippen molar-refractivity contribution in [2.75, 3.05) is 5.01 Å². The number of aromatic nitrogens is 2. The molecule has 0 atom stereocenters. The van der Waals surface area contributed by atoms with E-state index in [2.05, 4.69) is 9.97 Å². The summed E-state index contributed by atoms with van der Waals surface area (Å²) in [5.41, 5.74) is 3.73. The van der Waals surface area contributed by atoms with Crippen LogP contribution in [0.4, 0.5) is 5.69 Å². The highest BCUT2D eigenvalue weighted by molar-refractivity contribution is 5.89. The van der Waals surface area contributed by atoms with Crippen molar-refractivity contribution in [1.29, 1.82) is 0 Å². The van der Waals surface area contributed by atoms with Crippen LogP contribution in [0.2, 0.25) is 0 Å². The van der Waals surface area contributed by atoms with Gasteiger partial charge in [-0.3, -0.25) is 9.80 Å². The molecule has 1 aromatic heterocycles. The Morgan fingerprint density at radius 3 is 2.22 bits per heavy atom. The summed E-state index contributed by atoms with van der Waals surface area (Å²) >= 11 is 0. The molecule has 3 aromatic rings. The Kier molecular flexibility index (Phi) is 2.39. The van der Waals surface area contributed by atoms with E-state index in [0.717, 1.165) is 21.6 Å². The van der Waals surface area contributed by atoms with Crippen LogP contribution in [-0.4, -0.2) is 16.4 Å². The molecule has 88 valence electrons. The number of hydrogen-bond acceptors (Lipinski definition) is 4. The van der Waals surface area contributed by atoms with Crippen molar-refractivity contribution in [2.45, 2.75) is 0 Å². The topological polar surface area (TPSA) is 72.1 Å². The van der Waals surface area contributed by atoms with Crippen molar-refractivity contribution in [1.82, 2.24) is 9.97 Å². The third-order valence-corrected chi connectivity index (χ3v) is 2.73. The van der Waals surface area contributed by atoms with Crippen LogP contribution in [0, 0.1) is 0 Å². The van der Waals surface area contributed by atoms with Gasteiger partial charge in [0.05, 0.1) is 27.8 Å². The summed E-state index contributed by atoms with van der Waals surface area (Å²) in [6.45, 7) is 0. The fraction of sp³-hybridized carbons (Fsp3) is 0. The van der Waals surface area contributed by atoms with E-state index in [1.807, 2.05) is 24.3 Å². The molecule has 5 nitrogen and oxygen atoms in total. The van der Waals surface area contributed by atoms with Crippen LogP contribution in [0.5, 0.6) is 0 Å². The zero-order valence-electron chi connectivity index (χ0n) is 9.45. The minimum atomic E-state index is 0.551. The van der Waals surface area contributed by atoms with Crippen molar-refractivity contribution >= 4 is 34.2 Å². The Morgan fingerprint density at radius 1 is 0.944 bits per heavy atom. The fourth-order valence-electron chi connectivity index (χ4n) is 1.83. The lowest BCUT2D eigenvalue weighted by atomic mass is 10.2. The number of para-hydroxylation sites is 2. The zero-order chi connectivity index (χ0) is 12.5. The fourth-order valence-corrected chi connectivity index (χ4v) is 1.83. The van der Waals surface area contributed by atoms with E-state index in [1.54, 1.807) is 18.2 Å². The second-order valence-electron chi connectivity index (χ2n) is 3.90. The number of benzene rings is 2. The quantitative estimate of drug-likeness (QED) is 0.242. The molecular weight excluding hydrogens is 228 g/mol. The molecule has 0 aliphatic carbocycles. The lowest BCUT2D eigenvalue weighted by Crippen LogP contribution is -2.28. The Hall–Kier alpha value is -2.53. The number of fused-ring (bicyclic) bond motifs is 2. The molecule has 0 unspecified atom stereocenters. The summed E-state index contributed by atoms with van der Waals surface area (Å²) in [6.07, 6.45) is 0.551. The molecule has 3 rings (SSSR count). The minimum Gasteiger partial charge on any atom is -0.277 e. The highest BCUT2D eigenvalue weighted by Crippen LogP contribution is 2.20. The molecule has 18 heavy (non-hydrogen) atoms. The number of anilines is 1. The second kappa shape index (κ2) is 4.05. The first-order valence-electron chi connectivity index (χ1n) is 5.44. The van der Waals surface area contributed by atoms with Gasteiger partial charge in [0.25, 0.3) is 0 Å². The Balaban J connectivity index is 2.27. The van der Waals surface area contributed by atoms with Gasteiger partial charge in [0.15, 0.2) is 0 Å². The van der Waals surface area contributed by atoms with E-state index in [1.165, 1.54) is 0 Å². The van der Waals surface area contributed by atoms with Gasteiger partial charge in [0, 0.05) is 0 Å². The van der Waals surface area contributed by atoms with Crippen molar-refractivity contribution in [3.63, 3.8) is 0 Å². The van der Waals surface area contributed by atoms with Crippen LogP contribution in [-0.2, 0) is 4.79 Å². The number of carbonyl (C=O) groups excluding carboxylic acids is 1. The molecule has 2 N–H and O–H groups in total. The maximum absolute atomic E-state index is 10.6. The first-order valence-corrected chi connectivity index (χ1v) is 5.44. The summed E-state index contributed by atoms with van der Waals surface area (Å²) in [5, 5.41) is 1.01. The van der Waals surface area contributed by atoms with Crippen molar-refractivity contribution in [2.24, 2.45) is 5.84 Å². The van der Waals surface area contributed by atoms with Crippen LogP contribution in [0.1, 0.15) is 0 Å². The smallest absolute Gasteiger partial charge is 0.228 e. The van der Waals surface area contributed by atoms with Crippen LogP contribution in [0.15, 0.2) is 42.5 Å². The van der Waals surface area contributed by atoms with E-state index < -0.39 is 0 Å². The van der Waals surface area contributed by atoms with Crippen molar-refractivity contribution < 1.29 is 4.79 Å². The molecule has 0 saturated carbocycles. The Labute approximate surface area is 103 Å². The number of hydrazine groups is 1. The molecule has 2 aromatic carbocycles. The summed E-state index contributed by atoms with van der Waals surface area (Å²) < 4.78 is 0. The van der Waals surface area contributed by atoms with E-state index in [4.69, 9.17) is 5.84 Å². The van der Waals surface area contributed by atoms with Crippen LogP contribution < -0.4 is 10.9 Å². The maximum Gasteiger partial charge on any atom is 0.228 e. The van der Waals surface area contributed by atoms with Gasteiger partial charge >= 0.3 is 0 Å². The number of rotatable bonds is 2. The number of nitrogens with zero attached hydrogens (tertiary/aromatic N) is 3. The molecule has 0 bridgehead atoms. The predicted octanol–water partition coefficient (Wildman–Crippen LogP) is 1.62. The standard InChI is InChI=1S/C13H10N4O/c14-17(8-18)9-5-6-12-13(7-9)16-11-4-2-1-3-10(11)15-12/h1-8H,14H2. The van der Waals surface area contributed by atoms with Gasteiger partial charge in [-0.15, -0.1) is 0 Å². The van der Waals surface area contributed by atoms with E-state index in [0.29, 0.717) is 17.6 Å². The molecule has 0 saturated heterocycles. The van der Waals surface area contributed by atoms with Crippen LogP contribution in [0.25, 0.3) is 22.1 Å². The van der Waals surface area contributed by atoms with Gasteiger partial charge in [-0.1, -0.05) is 12.1 Å². The van der Waals surface area contributed by atoms with Gasteiger partial charge in [0.1, 0.15) is 0 Å². The summed E-state index contributed by atoms with van der Waals surface area (Å²) in [4.78, 5) is 19.6. The highest BCUT2D eigenvalue weighted by atomic mass is 16.1. The molecule has 0 aliphatic rings. The average molecular weight is 238 g/mol. The Bertz CT molecular complexity index is 741. The molecule has 1 amide bonds. The van der Waals surface area contributed by atoms with E-state index in [-0.39, 0.29) is 0 Å². The average Bonchev–Trinajstić information content (AvgIpc) is 2.43. The van der Waals surface area contributed by atoms with Crippen molar-refractivity contribution in [3.8, 4) is 0 Å². The summed E-state index contributed by atoms with van der Waals surface area (Å²) in [7, 11) is 0. The Morgan fingerprint density at radius 2 is 1.56 bits per heavy atom. The molecule has 1 heterocycles. The first kappa shape index (κ1) is 10.6. The van der Waals surface area contributed by atoms with E-state index >= 15 is 0 Å². The van der Waals surface area contributed by atoms with Gasteiger partial charge < -0.3 is 0 Å². The molecule has 0 aliphatic heterocycles. The number of hydrogen-bond donors (Lipinski definition) is 1. The highest BCUT2D eigenvalue weighted by Gasteiger charge is 2.04. The minimum absolute atomic E-state index is 0.551. The number of carbonyl (C=O) groups is 1. The molecular formula is C13H10N4O. The summed E-state index contributed by atoms with van der Waals surface area (Å²) in [5.74, 6) is 5.52. The second-order valence-corrected chi connectivity index (χ2v) is 3.90. The van der Waals surface area contributed by atoms with Crippen molar-refractivity contribution in [3.05, 3.63) is 42.5 Å². The van der Waals surface area contributed by atoms with Crippen LogP contribution >= 0.6 is 0 Å². The SMILES string of the molecule is NN(C=O)c1ccc2nc3ccccc3nc2c1. The van der Waals surface area contributed by atoms with Gasteiger partial charge in [-0.05, 0) is 30.3 Å². The number of nitrogens with two attached hydrogens (primary N) is 1. The van der Waals surface area contributed by atoms with Crippen LogP contribution in [0.3, 0.4) is 0 Å². The first-order chi connectivity index (χ1) is 8.78. The third-order valence-electron chi connectivity index (χ3n) is 2.73. The van der Waals surface area contributed by atoms with Gasteiger partial charge in [-0.2, -0.15) is 0 Å². The maximum atomic E-state index is 10.6. The lowest BCUT2D eigenvalue weighted by molar-refractivity contribution is -0.107. The molecule has 0 radical (unpaired) electrons. The monoisotopic (exact) mass is 238 g/mol.